The number of thioether (sulfide) groups is 1. The summed E-state index contributed by atoms with van der Waals surface area (Å²) in [5.74, 6) is -0.353. The Morgan fingerprint density at radius 2 is 2.00 bits per heavy atom. The molecule has 7 heteroatoms. The highest BCUT2D eigenvalue weighted by Gasteiger charge is 2.25. The number of hydrogen-bond acceptors (Lipinski definition) is 3. The first-order valence-electron chi connectivity index (χ1n) is 9.14. The van der Waals surface area contributed by atoms with Gasteiger partial charge >= 0.3 is 0 Å². The van der Waals surface area contributed by atoms with Crippen molar-refractivity contribution in [2.24, 2.45) is 4.99 Å². The van der Waals surface area contributed by atoms with Gasteiger partial charge in [-0.15, -0.1) is 0 Å². The zero-order chi connectivity index (χ0) is 19.1. The van der Waals surface area contributed by atoms with Crippen molar-refractivity contribution in [3.05, 3.63) is 35.4 Å². The van der Waals surface area contributed by atoms with Crippen LogP contribution in [0, 0.1) is 11.6 Å². The van der Waals surface area contributed by atoms with E-state index in [1.54, 1.807) is 4.90 Å². The number of halogens is 2. The van der Waals surface area contributed by atoms with Gasteiger partial charge in [0.2, 0.25) is 0 Å². The van der Waals surface area contributed by atoms with Crippen LogP contribution in [-0.4, -0.2) is 55.6 Å². The van der Waals surface area contributed by atoms with E-state index in [1.807, 2.05) is 32.8 Å². The maximum absolute atomic E-state index is 14.2. The summed E-state index contributed by atoms with van der Waals surface area (Å²) in [5, 5.41) is 7.41. The topological polar surface area (TPSA) is 39.7 Å². The van der Waals surface area contributed by atoms with Crippen molar-refractivity contribution < 1.29 is 8.78 Å². The highest BCUT2D eigenvalue weighted by Crippen LogP contribution is 2.28. The normalized spacial score (nSPS) is 21.9. The average Bonchev–Trinajstić information content (AvgIpc) is 3.04. The van der Waals surface area contributed by atoms with E-state index in [0.29, 0.717) is 17.3 Å². The average molecular weight is 385 g/mol. The minimum Gasteiger partial charge on any atom is -0.357 e. The monoisotopic (exact) mass is 384 g/mol. The van der Waals surface area contributed by atoms with E-state index in [9.17, 15) is 8.78 Å². The van der Waals surface area contributed by atoms with Crippen LogP contribution in [0.4, 0.5) is 8.78 Å². The zero-order valence-electron chi connectivity index (χ0n) is 16.1. The molecule has 146 valence electrons. The second-order valence-corrected chi connectivity index (χ2v) is 7.98. The van der Waals surface area contributed by atoms with Crippen molar-refractivity contribution in [1.82, 2.24) is 15.5 Å². The van der Waals surface area contributed by atoms with Crippen molar-refractivity contribution in [3.8, 4) is 0 Å². The summed E-state index contributed by atoms with van der Waals surface area (Å²) < 4.78 is 28.4. The van der Waals surface area contributed by atoms with E-state index in [0.717, 1.165) is 19.4 Å². The Morgan fingerprint density at radius 1 is 1.31 bits per heavy atom. The molecule has 0 aromatic heterocycles. The minimum absolute atomic E-state index is 0.0698. The third-order valence-corrected chi connectivity index (χ3v) is 5.88. The maximum Gasteiger partial charge on any atom is 0.191 e. The largest absolute Gasteiger partial charge is 0.357 e. The molecule has 2 N–H and O–H groups in total. The van der Waals surface area contributed by atoms with Gasteiger partial charge in [0, 0.05) is 23.4 Å². The Bertz CT molecular complexity index is 589. The van der Waals surface area contributed by atoms with Gasteiger partial charge in [0.1, 0.15) is 11.6 Å². The number of guanidine groups is 1. The SMILES string of the molecule is CCNC(=NCC(c1c(F)cccc1F)N(C)C)NC1CCC(SC)C1. The molecule has 0 radical (unpaired) electrons. The van der Waals surface area contributed by atoms with Gasteiger partial charge in [-0.1, -0.05) is 6.07 Å². The molecule has 0 heterocycles. The van der Waals surface area contributed by atoms with Gasteiger partial charge in [-0.05, 0) is 58.7 Å². The number of rotatable bonds is 7. The molecular weight excluding hydrogens is 354 g/mol. The Morgan fingerprint density at radius 3 is 2.54 bits per heavy atom. The second-order valence-electron chi connectivity index (χ2n) is 6.85. The zero-order valence-corrected chi connectivity index (χ0v) is 16.9. The molecule has 1 aromatic rings. The number of nitrogens with zero attached hydrogens (tertiary/aromatic N) is 2. The lowest BCUT2D eigenvalue weighted by Gasteiger charge is -2.25. The molecule has 3 unspecified atom stereocenters. The number of aliphatic imine (C=N–C) groups is 1. The molecule has 0 saturated heterocycles. The summed E-state index contributed by atoms with van der Waals surface area (Å²) >= 11 is 1.91. The van der Waals surface area contributed by atoms with Gasteiger partial charge in [0.05, 0.1) is 12.6 Å². The molecule has 1 aliphatic rings. The van der Waals surface area contributed by atoms with Gasteiger partial charge in [-0.25, -0.2) is 8.78 Å². The molecule has 1 aliphatic carbocycles. The third kappa shape index (κ3) is 5.58. The molecule has 4 nitrogen and oxygen atoms in total. The Hall–Kier alpha value is -1.34. The van der Waals surface area contributed by atoms with Crippen molar-refractivity contribution in [1.29, 1.82) is 0 Å². The predicted octanol–water partition coefficient (Wildman–Crippen LogP) is 3.41. The quantitative estimate of drug-likeness (QED) is 0.558. The Kier molecular flexibility index (Phi) is 8.15. The van der Waals surface area contributed by atoms with Crippen LogP contribution in [0.2, 0.25) is 0 Å². The molecule has 1 aromatic carbocycles. The van der Waals surface area contributed by atoms with Gasteiger partial charge in [0.15, 0.2) is 5.96 Å². The second kappa shape index (κ2) is 10.1. The highest BCUT2D eigenvalue weighted by atomic mass is 32.2. The van der Waals surface area contributed by atoms with E-state index in [4.69, 9.17) is 0 Å². The minimum atomic E-state index is -0.532. The molecule has 0 aliphatic heterocycles. The lowest BCUT2D eigenvalue weighted by Crippen LogP contribution is -2.43. The van der Waals surface area contributed by atoms with Crippen LogP contribution in [0.15, 0.2) is 23.2 Å². The van der Waals surface area contributed by atoms with Crippen LogP contribution >= 0.6 is 11.8 Å². The van der Waals surface area contributed by atoms with Gasteiger partial charge in [-0.3, -0.25) is 4.99 Å². The van der Waals surface area contributed by atoms with Crippen LogP contribution in [0.1, 0.15) is 37.8 Å². The van der Waals surface area contributed by atoms with Crippen molar-refractivity contribution in [2.75, 3.05) is 33.4 Å². The van der Waals surface area contributed by atoms with Gasteiger partial charge < -0.3 is 15.5 Å². The highest BCUT2D eigenvalue weighted by molar-refractivity contribution is 7.99. The molecular formula is C19H30F2N4S. The van der Waals surface area contributed by atoms with E-state index in [-0.39, 0.29) is 12.1 Å². The number of hydrogen-bond donors (Lipinski definition) is 2. The first-order valence-corrected chi connectivity index (χ1v) is 10.4. The molecule has 3 atom stereocenters. The van der Waals surface area contributed by atoms with Crippen molar-refractivity contribution in [3.63, 3.8) is 0 Å². The predicted molar refractivity (Wildman–Crippen MR) is 107 cm³/mol. The lowest BCUT2D eigenvalue weighted by molar-refractivity contribution is 0.290. The molecule has 0 bridgehead atoms. The van der Waals surface area contributed by atoms with Crippen LogP contribution in [-0.2, 0) is 0 Å². The summed E-state index contributed by atoms with van der Waals surface area (Å²) in [6.07, 6.45) is 5.59. The van der Waals surface area contributed by atoms with Crippen molar-refractivity contribution in [2.45, 2.75) is 43.5 Å². The van der Waals surface area contributed by atoms with E-state index >= 15 is 0 Å². The molecule has 0 spiro atoms. The van der Waals surface area contributed by atoms with E-state index in [1.165, 1.54) is 24.6 Å². The van der Waals surface area contributed by atoms with E-state index < -0.39 is 17.7 Å². The van der Waals surface area contributed by atoms with Crippen LogP contribution in [0.25, 0.3) is 0 Å². The summed E-state index contributed by atoms with van der Waals surface area (Å²) in [6, 6.07) is 3.91. The molecule has 26 heavy (non-hydrogen) atoms. The number of nitrogens with one attached hydrogen (secondary N) is 2. The maximum atomic E-state index is 14.2. The van der Waals surface area contributed by atoms with Crippen molar-refractivity contribution >= 4 is 17.7 Å². The first kappa shape index (κ1) is 21.0. The summed E-state index contributed by atoms with van der Waals surface area (Å²) in [6.45, 7) is 3.03. The Balaban J connectivity index is 2.12. The fourth-order valence-corrected chi connectivity index (χ4v) is 4.11. The molecule has 1 saturated carbocycles. The number of likely N-dealkylation sites (N-methyl/N-ethyl adjacent to an activating group) is 1. The summed E-state index contributed by atoms with van der Waals surface area (Å²) in [5.41, 5.74) is 0.0698. The van der Waals surface area contributed by atoms with Crippen LogP contribution in [0.5, 0.6) is 0 Å². The van der Waals surface area contributed by atoms with E-state index in [2.05, 4.69) is 21.9 Å². The molecule has 0 amide bonds. The fraction of sp³-hybridized carbons (Fsp3) is 0.632. The van der Waals surface area contributed by atoms with Gasteiger partial charge in [-0.2, -0.15) is 11.8 Å². The number of benzene rings is 1. The third-order valence-electron chi connectivity index (χ3n) is 4.78. The van der Waals surface area contributed by atoms with Crippen LogP contribution in [0.3, 0.4) is 0 Å². The summed E-state index contributed by atoms with van der Waals surface area (Å²) in [4.78, 5) is 6.42. The Labute approximate surface area is 159 Å². The standard InChI is InChI=1S/C19H30F2N4S/c1-5-22-19(24-13-9-10-14(11-13)26-4)23-12-17(25(2)3)18-15(20)7-6-8-16(18)21/h6-8,13-14,17H,5,9-12H2,1-4H3,(H2,22,23,24). The first-order chi connectivity index (χ1) is 12.5. The molecule has 1 fully saturated rings. The lowest BCUT2D eigenvalue weighted by atomic mass is 10.0. The smallest absolute Gasteiger partial charge is 0.191 e. The van der Waals surface area contributed by atoms with Gasteiger partial charge in [0.25, 0.3) is 0 Å². The summed E-state index contributed by atoms with van der Waals surface area (Å²) in [7, 11) is 3.62. The van der Waals surface area contributed by atoms with Crippen LogP contribution < -0.4 is 10.6 Å². The molecule has 2 rings (SSSR count). The fourth-order valence-electron chi connectivity index (χ4n) is 3.32.